The highest BCUT2D eigenvalue weighted by atomic mass is 16.5. The molecule has 2 unspecified atom stereocenters. The molecular weight excluding hydrogens is 436 g/mol. The van der Waals surface area contributed by atoms with Gasteiger partial charge in [-0.15, -0.1) is 0 Å². The fourth-order valence-corrected chi connectivity index (χ4v) is 5.86. The van der Waals surface area contributed by atoms with Crippen molar-refractivity contribution in [1.82, 2.24) is 0 Å². The molecule has 4 aromatic rings. The van der Waals surface area contributed by atoms with E-state index in [-0.39, 0.29) is 17.6 Å². The Bertz CT molecular complexity index is 1460. The summed E-state index contributed by atoms with van der Waals surface area (Å²) in [6.07, 6.45) is 7.31. The number of hydrogen-bond donors (Lipinski definition) is 0. The van der Waals surface area contributed by atoms with Gasteiger partial charge in [0.25, 0.3) is 12.9 Å². The maximum Gasteiger partial charge on any atom is 0.294 e. The van der Waals surface area contributed by atoms with Crippen LogP contribution in [0.15, 0.2) is 72.8 Å². The summed E-state index contributed by atoms with van der Waals surface area (Å²) in [4.78, 5) is 22.2. The van der Waals surface area contributed by atoms with Crippen LogP contribution in [0, 0.1) is 0 Å². The van der Waals surface area contributed by atoms with E-state index in [1.165, 1.54) is 11.1 Å². The third kappa shape index (κ3) is 3.13. The number of ether oxygens (including phenoxy) is 2. The Balaban J connectivity index is 1.58. The fraction of sp³-hybridized carbons (Fsp3) is 0.161. The van der Waals surface area contributed by atoms with Crippen LogP contribution in [-0.4, -0.2) is 12.9 Å². The zero-order chi connectivity index (χ0) is 24.2. The molecule has 0 fully saturated rings. The Hall–Kier alpha value is -4.18. The Morgan fingerprint density at radius 3 is 1.54 bits per heavy atom. The first-order valence-corrected chi connectivity index (χ1v) is 11.7. The van der Waals surface area contributed by atoms with Gasteiger partial charge in [0.05, 0.1) is 0 Å². The topological polar surface area (TPSA) is 52.6 Å². The minimum absolute atomic E-state index is 0.335. The number of carbonyl (C=O) groups excluding carboxylic acids is 2. The Morgan fingerprint density at radius 1 is 0.657 bits per heavy atom. The molecule has 0 N–H and O–H groups in total. The molecule has 6 rings (SSSR count). The van der Waals surface area contributed by atoms with Gasteiger partial charge in [-0.1, -0.05) is 86.7 Å². The highest BCUT2D eigenvalue weighted by Crippen LogP contribution is 2.46. The second-order valence-electron chi connectivity index (χ2n) is 9.59. The minimum Gasteiger partial charge on any atom is -0.455 e. The predicted molar refractivity (Wildman–Crippen MR) is 138 cm³/mol. The fourth-order valence-electron chi connectivity index (χ4n) is 5.86. The zero-order valence-electron chi connectivity index (χ0n) is 19.5. The van der Waals surface area contributed by atoms with Crippen LogP contribution in [0.1, 0.15) is 59.4 Å². The van der Waals surface area contributed by atoms with Crippen LogP contribution in [0.4, 0.5) is 0 Å². The first-order chi connectivity index (χ1) is 17.0. The first-order valence-electron chi connectivity index (χ1n) is 11.7. The molecule has 2 aliphatic carbocycles. The maximum absolute atomic E-state index is 11.1. The molecule has 0 heterocycles. The second kappa shape index (κ2) is 7.95. The van der Waals surface area contributed by atoms with Crippen molar-refractivity contribution >= 4 is 46.6 Å². The molecule has 4 nitrogen and oxygen atoms in total. The predicted octanol–water partition coefficient (Wildman–Crippen LogP) is 6.80. The molecule has 0 saturated carbocycles. The summed E-state index contributed by atoms with van der Waals surface area (Å²) < 4.78 is 10.7. The van der Waals surface area contributed by atoms with Gasteiger partial charge in [0, 0.05) is 16.5 Å². The first kappa shape index (κ1) is 21.4. The van der Waals surface area contributed by atoms with E-state index >= 15 is 0 Å². The van der Waals surface area contributed by atoms with E-state index in [2.05, 4.69) is 62.4 Å². The molecule has 4 aromatic carbocycles. The number of rotatable bonds is 6. The van der Waals surface area contributed by atoms with Crippen LogP contribution in [0.3, 0.4) is 0 Å². The van der Waals surface area contributed by atoms with E-state index < -0.39 is 0 Å². The number of hydrogen-bond acceptors (Lipinski definition) is 4. The molecule has 0 saturated heterocycles. The molecule has 0 amide bonds. The minimum atomic E-state index is -0.385. The van der Waals surface area contributed by atoms with Gasteiger partial charge >= 0.3 is 0 Å². The lowest BCUT2D eigenvalue weighted by atomic mass is 9.70. The third-order valence-corrected chi connectivity index (χ3v) is 7.48. The van der Waals surface area contributed by atoms with Crippen LogP contribution >= 0.6 is 0 Å². The average Bonchev–Trinajstić information content (AvgIpc) is 2.87. The van der Waals surface area contributed by atoms with E-state index in [0.29, 0.717) is 12.9 Å². The van der Waals surface area contributed by atoms with Gasteiger partial charge in [-0.3, -0.25) is 9.59 Å². The zero-order valence-corrected chi connectivity index (χ0v) is 19.5. The van der Waals surface area contributed by atoms with E-state index in [1.807, 2.05) is 36.4 Å². The van der Waals surface area contributed by atoms with Crippen molar-refractivity contribution in [1.29, 1.82) is 0 Å². The molecule has 172 valence electrons. The van der Waals surface area contributed by atoms with Crippen molar-refractivity contribution in [3.8, 4) is 0 Å². The summed E-state index contributed by atoms with van der Waals surface area (Å²) in [5.41, 5.74) is 6.37. The summed E-state index contributed by atoms with van der Waals surface area (Å²) >= 11 is 0. The van der Waals surface area contributed by atoms with Crippen molar-refractivity contribution in [3.05, 3.63) is 106 Å². The highest BCUT2D eigenvalue weighted by molar-refractivity contribution is 5.99. The normalized spacial score (nSPS) is 18.0. The lowest BCUT2D eigenvalue weighted by molar-refractivity contribution is -0.132. The Kier molecular flexibility index (Phi) is 4.85. The van der Waals surface area contributed by atoms with Crippen LogP contribution in [0.2, 0.25) is 0 Å². The molecule has 35 heavy (non-hydrogen) atoms. The van der Waals surface area contributed by atoms with Gasteiger partial charge < -0.3 is 9.47 Å². The van der Waals surface area contributed by atoms with Gasteiger partial charge in [-0.05, 0) is 56.0 Å². The van der Waals surface area contributed by atoms with Gasteiger partial charge in [-0.2, -0.15) is 0 Å². The molecule has 0 radical (unpaired) electrons. The number of carbonyl (C=O) groups is 2. The van der Waals surface area contributed by atoms with Crippen molar-refractivity contribution in [2.45, 2.75) is 31.5 Å². The molecule has 0 spiro atoms. The Morgan fingerprint density at radius 2 is 1.11 bits per heavy atom. The van der Waals surface area contributed by atoms with Gasteiger partial charge in [-0.25, -0.2) is 0 Å². The molecule has 0 bridgehead atoms. The van der Waals surface area contributed by atoms with E-state index in [0.717, 1.165) is 43.8 Å². The SMILES string of the molecule is CC(C)(c1ccc2cccc3c2c1C=CC3OC=O)c1ccc2cccc3c2c1C=CC3OC=O. The van der Waals surface area contributed by atoms with Gasteiger partial charge in [0.15, 0.2) is 0 Å². The molecular formula is C31H24O4. The monoisotopic (exact) mass is 460 g/mol. The summed E-state index contributed by atoms with van der Waals surface area (Å²) in [5.74, 6) is 0. The van der Waals surface area contributed by atoms with Crippen molar-refractivity contribution in [2.24, 2.45) is 0 Å². The third-order valence-electron chi connectivity index (χ3n) is 7.48. The van der Waals surface area contributed by atoms with Crippen molar-refractivity contribution in [2.75, 3.05) is 0 Å². The summed E-state index contributed by atoms with van der Waals surface area (Å²) in [5, 5.41) is 4.49. The van der Waals surface area contributed by atoms with Crippen molar-refractivity contribution in [3.63, 3.8) is 0 Å². The quantitative estimate of drug-likeness (QED) is 0.297. The van der Waals surface area contributed by atoms with E-state index in [4.69, 9.17) is 9.47 Å². The van der Waals surface area contributed by atoms with Crippen LogP contribution in [-0.2, 0) is 24.5 Å². The molecule has 4 heteroatoms. The van der Waals surface area contributed by atoms with Gasteiger partial charge in [0.2, 0.25) is 0 Å². The standard InChI is InChI=1S/C31H24O4/c1-31(2,25-13-9-19-5-3-7-23-27(34-17-32)15-11-21(25)29(19)23)26-14-10-20-6-4-8-24-28(35-18-33)16-12-22(26)30(20)24/h3-18,27-28H,1-2H3. The van der Waals surface area contributed by atoms with Crippen LogP contribution < -0.4 is 0 Å². The number of benzene rings is 4. The van der Waals surface area contributed by atoms with Crippen LogP contribution in [0.25, 0.3) is 33.7 Å². The second-order valence-corrected chi connectivity index (χ2v) is 9.59. The summed E-state index contributed by atoms with van der Waals surface area (Å²) in [6, 6.07) is 21.0. The maximum atomic E-state index is 11.1. The Labute approximate surface area is 203 Å². The largest absolute Gasteiger partial charge is 0.455 e. The van der Waals surface area contributed by atoms with Crippen molar-refractivity contribution < 1.29 is 19.1 Å². The van der Waals surface area contributed by atoms with E-state index in [1.54, 1.807) is 0 Å². The van der Waals surface area contributed by atoms with Gasteiger partial charge in [0.1, 0.15) is 12.2 Å². The summed E-state index contributed by atoms with van der Waals surface area (Å²) in [7, 11) is 0. The lowest BCUT2D eigenvalue weighted by Crippen LogP contribution is -2.23. The smallest absolute Gasteiger partial charge is 0.294 e. The highest BCUT2D eigenvalue weighted by Gasteiger charge is 2.32. The average molecular weight is 461 g/mol. The molecule has 0 aromatic heterocycles. The lowest BCUT2D eigenvalue weighted by Gasteiger charge is -2.33. The molecule has 2 aliphatic rings. The molecule has 2 atom stereocenters. The van der Waals surface area contributed by atoms with Crippen LogP contribution in [0.5, 0.6) is 0 Å². The summed E-state index contributed by atoms with van der Waals surface area (Å²) in [6.45, 7) is 5.52. The molecule has 0 aliphatic heterocycles. The van der Waals surface area contributed by atoms with E-state index in [9.17, 15) is 9.59 Å².